The van der Waals surface area contributed by atoms with Crippen molar-refractivity contribution in [1.29, 1.82) is 0 Å². The third-order valence-electron chi connectivity index (χ3n) is 4.67. The Kier molecular flexibility index (Phi) is 6.42. The Bertz CT molecular complexity index is 1030. The first-order valence-electron chi connectivity index (χ1n) is 10.1. The van der Waals surface area contributed by atoms with Crippen LogP contribution in [0.4, 0.5) is 11.4 Å². The molecule has 0 spiro atoms. The van der Waals surface area contributed by atoms with Crippen LogP contribution in [-0.2, 0) is 16.2 Å². The molecule has 2 amide bonds. The summed E-state index contributed by atoms with van der Waals surface area (Å²) in [6.07, 6.45) is 3.42. The van der Waals surface area contributed by atoms with Gasteiger partial charge in [-0.25, -0.2) is 4.98 Å². The first kappa shape index (κ1) is 20.4. The van der Waals surface area contributed by atoms with Crippen LogP contribution in [0.3, 0.4) is 0 Å². The summed E-state index contributed by atoms with van der Waals surface area (Å²) in [4.78, 5) is 28.2. The molecule has 0 bridgehead atoms. The van der Waals surface area contributed by atoms with E-state index in [1.54, 1.807) is 36.4 Å². The van der Waals surface area contributed by atoms with Crippen molar-refractivity contribution in [2.75, 3.05) is 17.2 Å². The molecule has 2 N–H and O–H groups in total. The van der Waals surface area contributed by atoms with Gasteiger partial charge in [-0.05, 0) is 36.6 Å². The molecule has 1 heterocycles. The summed E-state index contributed by atoms with van der Waals surface area (Å²) >= 11 is 0. The lowest BCUT2D eigenvalue weighted by Crippen LogP contribution is -2.20. The van der Waals surface area contributed by atoms with Crippen molar-refractivity contribution in [1.82, 2.24) is 4.98 Å². The predicted molar refractivity (Wildman–Crippen MR) is 117 cm³/mol. The largest absolute Gasteiger partial charge is 0.484 e. The Morgan fingerprint density at radius 1 is 0.903 bits per heavy atom. The minimum atomic E-state index is -0.313. The number of nitrogens with one attached hydrogen (secondary N) is 2. The van der Waals surface area contributed by atoms with Gasteiger partial charge in [-0.1, -0.05) is 36.4 Å². The van der Waals surface area contributed by atoms with Gasteiger partial charge in [0.1, 0.15) is 12.4 Å². The number of carbonyl (C=O) groups is 2. The smallest absolute Gasteiger partial charge is 0.262 e. The van der Waals surface area contributed by atoms with Gasteiger partial charge < -0.3 is 20.1 Å². The van der Waals surface area contributed by atoms with Gasteiger partial charge in [0.05, 0.1) is 11.9 Å². The van der Waals surface area contributed by atoms with Crippen LogP contribution < -0.4 is 20.1 Å². The van der Waals surface area contributed by atoms with Crippen molar-refractivity contribution in [3.05, 3.63) is 78.5 Å². The van der Waals surface area contributed by atoms with E-state index in [0.29, 0.717) is 29.6 Å². The maximum Gasteiger partial charge on any atom is 0.262 e. The van der Waals surface area contributed by atoms with Gasteiger partial charge in [0.2, 0.25) is 11.8 Å². The second kappa shape index (κ2) is 9.75. The number of benzene rings is 2. The third kappa shape index (κ3) is 6.30. The molecule has 0 aliphatic heterocycles. The van der Waals surface area contributed by atoms with Gasteiger partial charge in [0, 0.05) is 23.7 Å². The molecule has 4 rings (SSSR count). The molecule has 0 unspecified atom stereocenters. The first-order valence-corrected chi connectivity index (χ1v) is 10.1. The fourth-order valence-electron chi connectivity index (χ4n) is 2.87. The average Bonchev–Trinajstić information content (AvgIpc) is 3.64. The molecule has 158 valence electrons. The molecule has 7 nitrogen and oxygen atoms in total. The molecule has 1 aromatic heterocycles. The van der Waals surface area contributed by atoms with Crippen LogP contribution >= 0.6 is 0 Å². The van der Waals surface area contributed by atoms with Crippen molar-refractivity contribution in [2.24, 2.45) is 5.92 Å². The number of hydrogen-bond acceptors (Lipinski definition) is 5. The van der Waals surface area contributed by atoms with Gasteiger partial charge in [0.25, 0.3) is 5.91 Å². The van der Waals surface area contributed by atoms with Gasteiger partial charge in [0.15, 0.2) is 6.61 Å². The minimum absolute atomic E-state index is 0.0265. The van der Waals surface area contributed by atoms with E-state index in [9.17, 15) is 9.59 Å². The molecule has 31 heavy (non-hydrogen) atoms. The topological polar surface area (TPSA) is 89.5 Å². The molecular weight excluding hydrogens is 394 g/mol. The summed E-state index contributed by atoms with van der Waals surface area (Å²) in [5.74, 6) is 0.819. The standard InChI is InChI=1S/C24H23N3O4/c28-22(16-30-21-8-4-7-19(13-21)27-24(29)18-9-10-18)26-20-11-12-23(25-14-20)31-15-17-5-2-1-3-6-17/h1-8,11-14,18H,9-10,15-16H2,(H,26,28)(H,27,29). The third-order valence-corrected chi connectivity index (χ3v) is 4.67. The molecular formula is C24H23N3O4. The highest BCUT2D eigenvalue weighted by atomic mass is 16.5. The van der Waals surface area contributed by atoms with E-state index in [1.165, 1.54) is 6.20 Å². The maximum absolute atomic E-state index is 12.2. The number of aromatic nitrogens is 1. The molecule has 1 fully saturated rings. The normalized spacial score (nSPS) is 12.6. The van der Waals surface area contributed by atoms with Crippen molar-refractivity contribution >= 4 is 23.2 Å². The number of anilines is 2. The second-order valence-electron chi connectivity index (χ2n) is 7.29. The zero-order valence-corrected chi connectivity index (χ0v) is 16.9. The number of carbonyl (C=O) groups excluding carboxylic acids is 2. The number of pyridine rings is 1. The molecule has 1 aliphatic rings. The zero-order chi connectivity index (χ0) is 21.5. The molecule has 0 radical (unpaired) electrons. The lowest BCUT2D eigenvalue weighted by atomic mass is 10.2. The number of ether oxygens (including phenoxy) is 2. The van der Waals surface area contributed by atoms with E-state index in [1.807, 2.05) is 30.3 Å². The van der Waals surface area contributed by atoms with E-state index in [-0.39, 0.29) is 24.3 Å². The lowest BCUT2D eigenvalue weighted by molar-refractivity contribution is -0.118. The number of amides is 2. The second-order valence-corrected chi connectivity index (χ2v) is 7.29. The Hall–Kier alpha value is -3.87. The highest BCUT2D eigenvalue weighted by Crippen LogP contribution is 2.30. The maximum atomic E-state index is 12.2. The highest BCUT2D eigenvalue weighted by molar-refractivity contribution is 5.94. The van der Waals surface area contributed by atoms with E-state index in [2.05, 4.69) is 15.6 Å². The number of nitrogens with zero attached hydrogens (tertiary/aromatic N) is 1. The monoisotopic (exact) mass is 417 g/mol. The Morgan fingerprint density at radius 2 is 1.74 bits per heavy atom. The van der Waals surface area contributed by atoms with Gasteiger partial charge in [-0.2, -0.15) is 0 Å². The zero-order valence-electron chi connectivity index (χ0n) is 16.9. The summed E-state index contributed by atoms with van der Waals surface area (Å²) in [7, 11) is 0. The summed E-state index contributed by atoms with van der Waals surface area (Å²) in [5, 5.41) is 5.59. The van der Waals surface area contributed by atoms with Crippen LogP contribution in [0, 0.1) is 5.92 Å². The number of rotatable bonds is 9. The van der Waals surface area contributed by atoms with Gasteiger partial charge >= 0.3 is 0 Å². The highest BCUT2D eigenvalue weighted by Gasteiger charge is 2.29. The summed E-state index contributed by atoms with van der Waals surface area (Å²) in [6, 6.07) is 20.2. The summed E-state index contributed by atoms with van der Waals surface area (Å²) in [6.45, 7) is 0.264. The van der Waals surface area contributed by atoms with Crippen LogP contribution in [0.15, 0.2) is 72.9 Å². The average molecular weight is 417 g/mol. The van der Waals surface area contributed by atoms with Crippen LogP contribution in [0.2, 0.25) is 0 Å². The van der Waals surface area contributed by atoms with Crippen molar-refractivity contribution in [2.45, 2.75) is 19.4 Å². The van der Waals surface area contributed by atoms with Crippen molar-refractivity contribution < 1.29 is 19.1 Å². The van der Waals surface area contributed by atoms with Crippen LogP contribution in [0.25, 0.3) is 0 Å². The van der Waals surface area contributed by atoms with Crippen molar-refractivity contribution in [3.8, 4) is 11.6 Å². The SMILES string of the molecule is O=C(COc1cccc(NC(=O)C2CC2)c1)Nc1ccc(OCc2ccccc2)nc1. The Morgan fingerprint density at radius 3 is 2.48 bits per heavy atom. The molecule has 1 saturated carbocycles. The molecule has 1 aliphatic carbocycles. The molecule has 7 heteroatoms. The van der Waals surface area contributed by atoms with E-state index in [0.717, 1.165) is 18.4 Å². The molecule has 0 saturated heterocycles. The molecule has 0 atom stereocenters. The van der Waals surface area contributed by atoms with Crippen LogP contribution in [0.1, 0.15) is 18.4 Å². The minimum Gasteiger partial charge on any atom is -0.484 e. The molecule has 2 aromatic carbocycles. The molecule has 3 aromatic rings. The quantitative estimate of drug-likeness (QED) is 0.549. The van der Waals surface area contributed by atoms with Crippen molar-refractivity contribution in [3.63, 3.8) is 0 Å². The predicted octanol–water partition coefficient (Wildman–Crippen LogP) is 4.03. The number of hydrogen-bond donors (Lipinski definition) is 2. The van der Waals surface area contributed by atoms with E-state index < -0.39 is 0 Å². The van der Waals surface area contributed by atoms with E-state index >= 15 is 0 Å². The fraction of sp³-hybridized carbons (Fsp3) is 0.208. The summed E-state index contributed by atoms with van der Waals surface area (Å²) < 4.78 is 11.2. The Labute approximate surface area is 180 Å². The first-order chi connectivity index (χ1) is 15.2. The Balaban J connectivity index is 1.23. The summed E-state index contributed by atoms with van der Waals surface area (Å²) in [5.41, 5.74) is 2.26. The lowest BCUT2D eigenvalue weighted by Gasteiger charge is -2.10. The van der Waals surface area contributed by atoms with Crippen LogP contribution in [-0.4, -0.2) is 23.4 Å². The fourth-order valence-corrected chi connectivity index (χ4v) is 2.87. The van der Waals surface area contributed by atoms with Crippen LogP contribution in [0.5, 0.6) is 11.6 Å². The van der Waals surface area contributed by atoms with Gasteiger partial charge in [-0.3, -0.25) is 9.59 Å². The van der Waals surface area contributed by atoms with E-state index in [4.69, 9.17) is 9.47 Å². The van der Waals surface area contributed by atoms with Gasteiger partial charge in [-0.15, -0.1) is 0 Å².